The number of benzene rings is 1. The van der Waals surface area contributed by atoms with Crippen LogP contribution in [0, 0.1) is 0 Å². The number of aromatic nitrogens is 4. The molecule has 1 N–H and O–H groups in total. The van der Waals surface area contributed by atoms with E-state index in [2.05, 4.69) is 9.97 Å². The minimum Gasteiger partial charge on any atom is -0.342 e. The Morgan fingerprint density at radius 1 is 1.14 bits per heavy atom. The maximum absolute atomic E-state index is 12.8. The van der Waals surface area contributed by atoms with Crippen LogP contribution in [0.25, 0.3) is 16.7 Å². The number of pyridine rings is 1. The number of likely N-dealkylation sites (tertiary alicyclic amines) is 1. The number of rotatable bonds is 4. The molecule has 0 saturated carbocycles. The average molecular weight is 373 g/mol. The third kappa shape index (κ3) is 3.26. The monoisotopic (exact) mass is 373 g/mol. The van der Waals surface area contributed by atoms with Crippen molar-refractivity contribution in [1.82, 2.24) is 24.3 Å². The van der Waals surface area contributed by atoms with Crippen LogP contribution in [-0.2, 0) is 11.2 Å². The predicted octanol–water partition coefficient (Wildman–Crippen LogP) is 3.55. The van der Waals surface area contributed by atoms with Crippen molar-refractivity contribution in [3.63, 3.8) is 0 Å². The van der Waals surface area contributed by atoms with Crippen LogP contribution in [0.4, 0.5) is 0 Å². The number of piperidine rings is 1. The number of para-hydroxylation sites is 2. The molecule has 28 heavy (non-hydrogen) atoms. The highest BCUT2D eigenvalue weighted by molar-refractivity contribution is 5.77. The van der Waals surface area contributed by atoms with Gasteiger partial charge in [0.15, 0.2) is 0 Å². The number of H-pyrrole nitrogens is 1. The van der Waals surface area contributed by atoms with E-state index in [0.717, 1.165) is 54.1 Å². The average Bonchev–Trinajstić information content (AvgIpc) is 3.35. The maximum atomic E-state index is 12.8. The molecule has 6 heteroatoms. The number of amides is 1. The second-order valence-corrected chi connectivity index (χ2v) is 7.52. The van der Waals surface area contributed by atoms with Gasteiger partial charge in [-0.15, -0.1) is 0 Å². The van der Waals surface area contributed by atoms with E-state index < -0.39 is 0 Å². The van der Waals surface area contributed by atoms with Gasteiger partial charge < -0.3 is 14.3 Å². The molecule has 1 saturated heterocycles. The number of hydrogen-bond donors (Lipinski definition) is 1. The van der Waals surface area contributed by atoms with Crippen LogP contribution in [0.1, 0.15) is 36.7 Å². The van der Waals surface area contributed by atoms with Crippen molar-refractivity contribution in [1.29, 1.82) is 0 Å². The number of carbonyl (C=O) groups is 1. The Morgan fingerprint density at radius 2 is 2.04 bits per heavy atom. The van der Waals surface area contributed by atoms with Gasteiger partial charge in [0.1, 0.15) is 11.5 Å². The molecule has 0 radical (unpaired) electrons. The second kappa shape index (κ2) is 7.11. The lowest BCUT2D eigenvalue weighted by molar-refractivity contribution is -0.132. The van der Waals surface area contributed by atoms with Crippen molar-refractivity contribution >= 4 is 22.6 Å². The first-order chi connectivity index (χ1) is 13.8. The smallest absolute Gasteiger partial charge is 0.222 e. The number of fused-ring (bicyclic) bond motifs is 2. The molecule has 1 aliphatic heterocycles. The van der Waals surface area contributed by atoms with Crippen molar-refractivity contribution in [2.75, 3.05) is 13.1 Å². The highest BCUT2D eigenvalue weighted by atomic mass is 16.2. The molecule has 0 spiro atoms. The summed E-state index contributed by atoms with van der Waals surface area (Å²) >= 11 is 0. The first-order valence-corrected chi connectivity index (χ1v) is 9.91. The van der Waals surface area contributed by atoms with E-state index in [-0.39, 0.29) is 11.8 Å². The van der Waals surface area contributed by atoms with E-state index in [0.29, 0.717) is 12.8 Å². The summed E-state index contributed by atoms with van der Waals surface area (Å²) in [6.07, 6.45) is 7.24. The SMILES string of the molecule is O=C(CCc1cn2ccccc2n1)N1CCC[C@H](c2nc3ccccc3[nH]2)C1. The van der Waals surface area contributed by atoms with E-state index in [1.165, 1.54) is 0 Å². The zero-order valence-corrected chi connectivity index (χ0v) is 15.7. The van der Waals surface area contributed by atoms with Crippen LogP contribution in [0.2, 0.25) is 0 Å². The number of carbonyl (C=O) groups excluding carboxylic acids is 1. The van der Waals surface area contributed by atoms with E-state index >= 15 is 0 Å². The summed E-state index contributed by atoms with van der Waals surface area (Å²) in [5.74, 6) is 1.48. The van der Waals surface area contributed by atoms with Gasteiger partial charge in [0.25, 0.3) is 0 Å². The molecular weight excluding hydrogens is 350 g/mol. The highest BCUT2D eigenvalue weighted by Crippen LogP contribution is 2.27. The Hall–Kier alpha value is -3.15. The lowest BCUT2D eigenvalue weighted by atomic mass is 9.97. The second-order valence-electron chi connectivity index (χ2n) is 7.52. The molecule has 5 rings (SSSR count). The number of aromatic amines is 1. The lowest BCUT2D eigenvalue weighted by Crippen LogP contribution is -2.39. The van der Waals surface area contributed by atoms with Crippen molar-refractivity contribution in [2.24, 2.45) is 0 Å². The topological polar surface area (TPSA) is 66.3 Å². The first-order valence-electron chi connectivity index (χ1n) is 9.91. The minimum atomic E-state index is 0.206. The molecule has 1 amide bonds. The van der Waals surface area contributed by atoms with E-state index in [1.807, 2.05) is 64.2 Å². The largest absolute Gasteiger partial charge is 0.342 e. The minimum absolute atomic E-state index is 0.206. The zero-order valence-electron chi connectivity index (χ0n) is 15.7. The third-order valence-electron chi connectivity index (χ3n) is 5.58. The molecule has 3 aromatic heterocycles. The Bertz CT molecular complexity index is 1060. The summed E-state index contributed by atoms with van der Waals surface area (Å²) < 4.78 is 2.00. The maximum Gasteiger partial charge on any atom is 0.222 e. The van der Waals surface area contributed by atoms with E-state index in [1.54, 1.807) is 0 Å². The zero-order chi connectivity index (χ0) is 18.9. The van der Waals surface area contributed by atoms with Gasteiger partial charge in [0, 0.05) is 37.8 Å². The summed E-state index contributed by atoms with van der Waals surface area (Å²) in [4.78, 5) is 27.6. The number of nitrogens with zero attached hydrogens (tertiary/aromatic N) is 4. The van der Waals surface area contributed by atoms with Crippen molar-refractivity contribution in [3.05, 3.63) is 66.4 Å². The Balaban J connectivity index is 1.24. The standard InChI is InChI=1S/C22H23N5O/c28-21(11-10-17-15-26-12-4-3-9-20(26)23-17)27-13-5-6-16(14-27)22-24-18-7-1-2-8-19(18)25-22/h1-4,7-9,12,15-16H,5-6,10-11,13-14H2,(H,24,25)/t16-/m0/s1. The van der Waals surface area contributed by atoms with Gasteiger partial charge in [-0.2, -0.15) is 0 Å². The van der Waals surface area contributed by atoms with Gasteiger partial charge in [0.05, 0.1) is 16.7 Å². The molecule has 0 bridgehead atoms. The summed E-state index contributed by atoms with van der Waals surface area (Å²) in [7, 11) is 0. The molecule has 0 unspecified atom stereocenters. The Morgan fingerprint density at radius 3 is 2.93 bits per heavy atom. The van der Waals surface area contributed by atoms with Crippen LogP contribution in [0.3, 0.4) is 0 Å². The lowest BCUT2D eigenvalue weighted by Gasteiger charge is -2.32. The van der Waals surface area contributed by atoms with Gasteiger partial charge >= 0.3 is 0 Å². The predicted molar refractivity (Wildman–Crippen MR) is 108 cm³/mol. The number of hydrogen-bond acceptors (Lipinski definition) is 3. The summed E-state index contributed by atoms with van der Waals surface area (Å²) in [6, 6.07) is 14.0. The molecule has 1 aromatic carbocycles. The molecule has 0 aliphatic carbocycles. The molecule has 1 fully saturated rings. The number of nitrogens with one attached hydrogen (secondary N) is 1. The molecule has 1 atom stereocenters. The van der Waals surface area contributed by atoms with Crippen LogP contribution in [-0.4, -0.2) is 43.2 Å². The molecular formula is C22H23N5O. The number of imidazole rings is 2. The molecule has 142 valence electrons. The van der Waals surface area contributed by atoms with Gasteiger partial charge in [-0.1, -0.05) is 18.2 Å². The fourth-order valence-corrected chi connectivity index (χ4v) is 4.09. The van der Waals surface area contributed by atoms with Crippen molar-refractivity contribution in [2.45, 2.75) is 31.6 Å². The Kier molecular flexibility index (Phi) is 4.31. The van der Waals surface area contributed by atoms with Gasteiger partial charge in [-0.3, -0.25) is 4.79 Å². The third-order valence-corrected chi connectivity index (χ3v) is 5.58. The van der Waals surface area contributed by atoms with Gasteiger partial charge in [-0.25, -0.2) is 9.97 Å². The van der Waals surface area contributed by atoms with Crippen molar-refractivity contribution in [3.8, 4) is 0 Å². The summed E-state index contributed by atoms with van der Waals surface area (Å²) in [5, 5.41) is 0. The van der Waals surface area contributed by atoms with Crippen LogP contribution in [0.15, 0.2) is 54.9 Å². The fraction of sp³-hybridized carbons (Fsp3) is 0.318. The number of aryl methyl sites for hydroxylation is 1. The van der Waals surface area contributed by atoms with E-state index in [4.69, 9.17) is 4.98 Å². The van der Waals surface area contributed by atoms with Crippen LogP contribution >= 0.6 is 0 Å². The van der Waals surface area contributed by atoms with Gasteiger partial charge in [0.2, 0.25) is 5.91 Å². The van der Waals surface area contributed by atoms with Crippen LogP contribution in [0.5, 0.6) is 0 Å². The molecule has 1 aliphatic rings. The molecule has 6 nitrogen and oxygen atoms in total. The Labute approximate surface area is 163 Å². The highest BCUT2D eigenvalue weighted by Gasteiger charge is 2.26. The molecule has 4 aromatic rings. The van der Waals surface area contributed by atoms with Crippen LogP contribution < -0.4 is 0 Å². The van der Waals surface area contributed by atoms with E-state index in [9.17, 15) is 4.79 Å². The van der Waals surface area contributed by atoms with Gasteiger partial charge in [-0.05, 0) is 43.5 Å². The summed E-state index contributed by atoms with van der Waals surface area (Å²) in [6.45, 7) is 1.57. The first kappa shape index (κ1) is 17.0. The van der Waals surface area contributed by atoms with Crippen molar-refractivity contribution < 1.29 is 4.79 Å². The molecule has 4 heterocycles. The normalized spacial score (nSPS) is 17.4. The quantitative estimate of drug-likeness (QED) is 0.595. The fourth-order valence-electron chi connectivity index (χ4n) is 4.09. The summed E-state index contributed by atoms with van der Waals surface area (Å²) in [5.41, 5.74) is 3.94.